The first-order valence-electron chi connectivity index (χ1n) is 4.92. The van der Waals surface area contributed by atoms with Crippen LogP contribution in [0.25, 0.3) is 16.5 Å². The molecule has 1 aromatic carbocycles. The minimum atomic E-state index is -0.922. The smallest absolute Gasteiger partial charge is 0.328 e. The molecule has 4 heteroatoms. The van der Waals surface area contributed by atoms with Crippen molar-refractivity contribution in [2.75, 3.05) is 0 Å². The van der Waals surface area contributed by atoms with Crippen LogP contribution in [0.4, 0.5) is 0 Å². The van der Waals surface area contributed by atoms with E-state index in [-0.39, 0.29) is 0 Å². The van der Waals surface area contributed by atoms with Crippen LogP contribution in [-0.2, 0) is 4.79 Å². The molecule has 0 fully saturated rings. The SMILES string of the molecule is O=C(O)/C=C/c1ccc(-c2ccccc2I)s1. The highest BCUT2D eigenvalue weighted by molar-refractivity contribution is 14.1. The van der Waals surface area contributed by atoms with Gasteiger partial charge in [0.1, 0.15) is 0 Å². The standard InChI is InChI=1S/C13H9IO2S/c14-11-4-2-1-3-10(11)12-7-5-9(17-12)6-8-13(15)16/h1-8H,(H,15,16)/b8-6+. The van der Waals surface area contributed by atoms with Crippen molar-refractivity contribution in [3.63, 3.8) is 0 Å². The number of thiophene rings is 1. The topological polar surface area (TPSA) is 37.3 Å². The van der Waals surface area contributed by atoms with Gasteiger partial charge in [0.25, 0.3) is 0 Å². The van der Waals surface area contributed by atoms with Crippen LogP contribution >= 0.6 is 33.9 Å². The number of carboxylic acids is 1. The van der Waals surface area contributed by atoms with E-state index in [2.05, 4.69) is 34.7 Å². The summed E-state index contributed by atoms with van der Waals surface area (Å²) in [5.74, 6) is -0.922. The summed E-state index contributed by atoms with van der Waals surface area (Å²) in [4.78, 5) is 12.5. The largest absolute Gasteiger partial charge is 0.478 e. The molecular weight excluding hydrogens is 347 g/mol. The quantitative estimate of drug-likeness (QED) is 0.664. The van der Waals surface area contributed by atoms with Gasteiger partial charge in [-0.2, -0.15) is 0 Å². The molecule has 17 heavy (non-hydrogen) atoms. The van der Waals surface area contributed by atoms with Crippen LogP contribution < -0.4 is 0 Å². The van der Waals surface area contributed by atoms with Crippen LogP contribution in [0, 0.1) is 3.57 Å². The molecule has 1 N–H and O–H groups in total. The monoisotopic (exact) mass is 356 g/mol. The van der Waals surface area contributed by atoms with Gasteiger partial charge in [-0.25, -0.2) is 4.79 Å². The van der Waals surface area contributed by atoms with Crippen molar-refractivity contribution in [3.05, 3.63) is 50.9 Å². The van der Waals surface area contributed by atoms with Gasteiger partial charge in [0, 0.05) is 25.0 Å². The molecule has 0 spiro atoms. The normalized spacial score (nSPS) is 10.9. The number of carbonyl (C=O) groups is 1. The average Bonchev–Trinajstić information content (AvgIpc) is 2.75. The van der Waals surface area contributed by atoms with E-state index in [4.69, 9.17) is 5.11 Å². The number of hydrogen-bond donors (Lipinski definition) is 1. The third kappa shape index (κ3) is 3.17. The second-order valence-corrected chi connectivity index (χ2v) is 5.63. The van der Waals surface area contributed by atoms with Crippen LogP contribution in [0.2, 0.25) is 0 Å². The first-order valence-corrected chi connectivity index (χ1v) is 6.82. The second-order valence-electron chi connectivity index (χ2n) is 3.35. The Morgan fingerprint density at radius 2 is 2.00 bits per heavy atom. The van der Waals surface area contributed by atoms with Gasteiger partial charge in [0.15, 0.2) is 0 Å². The van der Waals surface area contributed by atoms with Crippen molar-refractivity contribution in [2.45, 2.75) is 0 Å². The molecule has 2 nitrogen and oxygen atoms in total. The van der Waals surface area contributed by atoms with Crippen molar-refractivity contribution in [3.8, 4) is 10.4 Å². The average molecular weight is 356 g/mol. The minimum Gasteiger partial charge on any atom is -0.478 e. The van der Waals surface area contributed by atoms with Crippen molar-refractivity contribution in [1.82, 2.24) is 0 Å². The number of rotatable bonds is 3. The fourth-order valence-electron chi connectivity index (χ4n) is 1.40. The van der Waals surface area contributed by atoms with Crippen molar-refractivity contribution in [1.29, 1.82) is 0 Å². The Bertz CT molecular complexity index is 572. The van der Waals surface area contributed by atoms with Gasteiger partial charge in [0.2, 0.25) is 0 Å². The van der Waals surface area contributed by atoms with E-state index < -0.39 is 5.97 Å². The predicted molar refractivity (Wildman–Crippen MR) is 79.1 cm³/mol. The summed E-state index contributed by atoms with van der Waals surface area (Å²) < 4.78 is 1.20. The van der Waals surface area contributed by atoms with Gasteiger partial charge in [-0.1, -0.05) is 18.2 Å². The molecule has 0 aliphatic heterocycles. The molecule has 0 bridgehead atoms. The van der Waals surface area contributed by atoms with Crippen molar-refractivity contribution < 1.29 is 9.90 Å². The van der Waals surface area contributed by atoms with Gasteiger partial charge in [-0.3, -0.25) is 0 Å². The van der Waals surface area contributed by atoms with Crippen molar-refractivity contribution in [2.24, 2.45) is 0 Å². The van der Waals surface area contributed by atoms with E-state index in [0.29, 0.717) is 0 Å². The summed E-state index contributed by atoms with van der Waals surface area (Å²) >= 11 is 3.89. The Labute approximate surface area is 117 Å². The highest BCUT2D eigenvalue weighted by atomic mass is 127. The zero-order chi connectivity index (χ0) is 12.3. The first-order chi connectivity index (χ1) is 8.16. The Morgan fingerprint density at radius 3 is 2.71 bits per heavy atom. The molecule has 2 rings (SSSR count). The number of carboxylic acid groups (broad SMARTS) is 1. The maximum Gasteiger partial charge on any atom is 0.328 e. The van der Waals surface area contributed by atoms with Crippen LogP contribution in [0.5, 0.6) is 0 Å². The Morgan fingerprint density at radius 1 is 1.24 bits per heavy atom. The lowest BCUT2D eigenvalue weighted by atomic mass is 10.2. The van der Waals surface area contributed by atoms with E-state index in [1.165, 1.54) is 9.13 Å². The van der Waals surface area contributed by atoms with E-state index in [0.717, 1.165) is 15.8 Å². The fourth-order valence-corrected chi connectivity index (χ4v) is 3.21. The lowest BCUT2D eigenvalue weighted by Gasteiger charge is -1.99. The van der Waals surface area contributed by atoms with E-state index >= 15 is 0 Å². The number of benzene rings is 1. The van der Waals surface area contributed by atoms with Gasteiger partial charge in [-0.05, 0) is 46.9 Å². The summed E-state index contributed by atoms with van der Waals surface area (Å²) in [7, 11) is 0. The van der Waals surface area contributed by atoms with Gasteiger partial charge in [0.05, 0.1) is 0 Å². The molecule has 0 aliphatic carbocycles. The van der Waals surface area contributed by atoms with Crippen LogP contribution in [0.1, 0.15) is 4.88 Å². The molecule has 0 saturated heterocycles. The lowest BCUT2D eigenvalue weighted by molar-refractivity contribution is -0.131. The third-order valence-corrected chi connectivity index (χ3v) is 4.18. The van der Waals surface area contributed by atoms with Gasteiger partial charge >= 0.3 is 5.97 Å². The molecule has 2 aromatic rings. The maximum atomic E-state index is 10.4. The zero-order valence-electron chi connectivity index (χ0n) is 8.76. The summed E-state index contributed by atoms with van der Waals surface area (Å²) in [6.07, 6.45) is 2.78. The Balaban J connectivity index is 2.30. The van der Waals surface area contributed by atoms with E-state index in [1.54, 1.807) is 17.4 Å². The summed E-state index contributed by atoms with van der Waals surface area (Å²) in [5, 5.41) is 8.56. The Hall–Kier alpha value is -1.14. The van der Waals surface area contributed by atoms with Crippen LogP contribution in [0.15, 0.2) is 42.5 Å². The molecule has 0 amide bonds. The molecule has 86 valence electrons. The molecule has 1 heterocycles. The first kappa shape index (κ1) is 12.3. The minimum absolute atomic E-state index is 0.922. The number of hydrogen-bond acceptors (Lipinski definition) is 2. The summed E-state index contributed by atoms with van der Waals surface area (Å²) in [6, 6.07) is 12.1. The summed E-state index contributed by atoms with van der Waals surface area (Å²) in [5.41, 5.74) is 1.19. The van der Waals surface area contributed by atoms with E-state index in [1.807, 2.05) is 24.3 Å². The molecule has 1 aromatic heterocycles. The lowest BCUT2D eigenvalue weighted by Crippen LogP contribution is -1.84. The molecular formula is C13H9IO2S. The molecule has 0 aliphatic rings. The Kier molecular flexibility index (Phi) is 3.96. The second kappa shape index (κ2) is 5.46. The van der Waals surface area contributed by atoms with Gasteiger partial charge < -0.3 is 5.11 Å². The highest BCUT2D eigenvalue weighted by Gasteiger charge is 2.04. The van der Waals surface area contributed by atoms with E-state index in [9.17, 15) is 4.79 Å². The number of halogens is 1. The fraction of sp³-hybridized carbons (Fsp3) is 0. The predicted octanol–water partition coefficient (Wildman–Crippen LogP) is 4.12. The van der Waals surface area contributed by atoms with Crippen LogP contribution in [0.3, 0.4) is 0 Å². The van der Waals surface area contributed by atoms with Crippen LogP contribution in [-0.4, -0.2) is 11.1 Å². The van der Waals surface area contributed by atoms with Crippen molar-refractivity contribution >= 4 is 46.0 Å². The molecule has 0 unspecified atom stereocenters. The molecule has 0 atom stereocenters. The highest BCUT2D eigenvalue weighted by Crippen LogP contribution is 2.31. The number of aliphatic carboxylic acids is 1. The van der Waals surface area contributed by atoms with Gasteiger partial charge in [-0.15, -0.1) is 11.3 Å². The molecule has 0 saturated carbocycles. The molecule has 0 radical (unpaired) electrons. The third-order valence-electron chi connectivity index (χ3n) is 2.16. The maximum absolute atomic E-state index is 10.4. The summed E-state index contributed by atoms with van der Waals surface area (Å²) in [6.45, 7) is 0. The zero-order valence-corrected chi connectivity index (χ0v) is 11.7.